The molecule has 10 nitrogen and oxygen atoms in total. The zero-order valence-electron chi connectivity index (χ0n) is 15.6. The number of pyridine rings is 1. The second-order valence-corrected chi connectivity index (χ2v) is 6.69. The molecule has 152 valence electrons. The first-order valence-corrected chi connectivity index (χ1v) is 8.99. The number of nitrogens with two attached hydrogens (primary N) is 1. The van der Waals surface area contributed by atoms with Crippen LogP contribution in [0.1, 0.15) is 16.6 Å². The first kappa shape index (κ1) is 19.1. The van der Waals surface area contributed by atoms with Gasteiger partial charge in [0.1, 0.15) is 23.5 Å². The van der Waals surface area contributed by atoms with Crippen LogP contribution in [0.5, 0.6) is 5.75 Å². The molecule has 1 aromatic carbocycles. The van der Waals surface area contributed by atoms with Gasteiger partial charge in [-0.05, 0) is 24.3 Å². The molecule has 0 aliphatic carbocycles. The van der Waals surface area contributed by atoms with Crippen molar-refractivity contribution in [1.29, 1.82) is 0 Å². The molecule has 0 spiro atoms. The van der Waals surface area contributed by atoms with E-state index in [1.807, 2.05) is 0 Å². The fraction of sp³-hybridized carbons (Fsp3) is 0.316. The van der Waals surface area contributed by atoms with Crippen molar-refractivity contribution in [3.8, 4) is 5.75 Å². The zero-order chi connectivity index (χ0) is 20.5. The highest BCUT2D eigenvalue weighted by atomic mass is 16.5. The van der Waals surface area contributed by atoms with Crippen LogP contribution < -0.4 is 15.8 Å². The Balaban J connectivity index is 1.59. The number of hydrogen-bond donors (Lipinski definition) is 4. The van der Waals surface area contributed by atoms with E-state index >= 15 is 0 Å². The molecule has 0 saturated carbocycles. The predicted octanol–water partition coefficient (Wildman–Crippen LogP) is 0.0713. The van der Waals surface area contributed by atoms with Crippen molar-refractivity contribution in [2.24, 2.45) is 0 Å². The average molecular weight is 399 g/mol. The van der Waals surface area contributed by atoms with E-state index in [1.165, 1.54) is 24.2 Å². The molecule has 1 fully saturated rings. The van der Waals surface area contributed by atoms with E-state index in [2.05, 4.69) is 15.3 Å². The summed E-state index contributed by atoms with van der Waals surface area (Å²) >= 11 is 0. The molecule has 2 aromatic heterocycles. The Bertz CT molecular complexity index is 1040. The molecule has 29 heavy (non-hydrogen) atoms. The summed E-state index contributed by atoms with van der Waals surface area (Å²) in [4.78, 5) is 21.1. The van der Waals surface area contributed by atoms with Crippen LogP contribution in [0.15, 0.2) is 42.9 Å². The van der Waals surface area contributed by atoms with Gasteiger partial charge in [0.05, 0.1) is 31.8 Å². The van der Waals surface area contributed by atoms with Crippen LogP contribution >= 0.6 is 0 Å². The minimum atomic E-state index is -1.15. The Labute approximate surface area is 165 Å². The number of imidazole rings is 1. The normalized spacial score (nSPS) is 24.0. The van der Waals surface area contributed by atoms with Crippen LogP contribution in [0.3, 0.4) is 0 Å². The molecule has 4 rings (SSSR count). The minimum absolute atomic E-state index is 0.360. The largest absolute Gasteiger partial charge is 0.497 e. The zero-order valence-corrected chi connectivity index (χ0v) is 15.6. The van der Waals surface area contributed by atoms with E-state index in [9.17, 15) is 15.0 Å². The highest BCUT2D eigenvalue weighted by molar-refractivity contribution is 5.94. The number of aliphatic hydroxyl groups is 2. The van der Waals surface area contributed by atoms with Crippen LogP contribution in [0, 0.1) is 0 Å². The van der Waals surface area contributed by atoms with Crippen molar-refractivity contribution in [2.45, 2.75) is 24.5 Å². The lowest BCUT2D eigenvalue weighted by atomic mass is 10.1. The molecule has 5 N–H and O–H groups in total. The number of nitrogens with zero attached hydrogens (tertiary/aromatic N) is 3. The number of aliphatic hydroxyl groups excluding tert-OH is 2. The van der Waals surface area contributed by atoms with Crippen LogP contribution in [-0.2, 0) is 4.74 Å². The van der Waals surface area contributed by atoms with Gasteiger partial charge in [0.2, 0.25) is 0 Å². The number of nitrogen functional groups attached to an aromatic ring is 1. The molecule has 3 aromatic rings. The fourth-order valence-corrected chi connectivity index (χ4v) is 3.44. The van der Waals surface area contributed by atoms with Gasteiger partial charge < -0.3 is 30.7 Å². The van der Waals surface area contributed by atoms with Gasteiger partial charge in [0, 0.05) is 11.8 Å². The highest BCUT2D eigenvalue weighted by Crippen LogP contribution is 2.32. The maximum atomic E-state index is 12.7. The molecule has 1 saturated heterocycles. The van der Waals surface area contributed by atoms with Gasteiger partial charge in [-0.15, -0.1) is 0 Å². The number of anilines is 1. The molecule has 1 amide bonds. The summed E-state index contributed by atoms with van der Waals surface area (Å²) in [6.45, 7) is -0.390. The predicted molar refractivity (Wildman–Crippen MR) is 103 cm³/mol. The first-order valence-electron chi connectivity index (χ1n) is 8.99. The topological polar surface area (TPSA) is 145 Å². The van der Waals surface area contributed by atoms with Crippen molar-refractivity contribution in [3.05, 3.63) is 48.4 Å². The van der Waals surface area contributed by atoms with Gasteiger partial charge in [0.15, 0.2) is 11.9 Å². The van der Waals surface area contributed by atoms with Crippen molar-refractivity contribution in [2.75, 3.05) is 19.5 Å². The molecular formula is C19H21N5O5. The SMILES string of the molecule is COc1cccc(C(=O)N[C@@H]2C(O)[C@H](n3cnc4c(N)ccnc43)O[C@@H]2CO)c1. The molecule has 10 heteroatoms. The van der Waals surface area contributed by atoms with Crippen molar-refractivity contribution >= 4 is 22.8 Å². The number of fused-ring (bicyclic) bond motifs is 1. The van der Waals surface area contributed by atoms with Crippen LogP contribution in [-0.4, -0.2) is 62.6 Å². The third-order valence-electron chi connectivity index (χ3n) is 4.95. The fourth-order valence-electron chi connectivity index (χ4n) is 3.44. The minimum Gasteiger partial charge on any atom is -0.497 e. The van der Waals surface area contributed by atoms with Crippen LogP contribution in [0.2, 0.25) is 0 Å². The van der Waals surface area contributed by atoms with Gasteiger partial charge >= 0.3 is 0 Å². The second-order valence-electron chi connectivity index (χ2n) is 6.69. The van der Waals surface area contributed by atoms with E-state index in [4.69, 9.17) is 15.2 Å². The number of rotatable bonds is 5. The molecule has 0 bridgehead atoms. The van der Waals surface area contributed by atoms with E-state index in [0.717, 1.165) is 0 Å². The first-order chi connectivity index (χ1) is 14.0. The third-order valence-corrected chi connectivity index (χ3v) is 4.95. The third kappa shape index (κ3) is 3.37. The van der Waals surface area contributed by atoms with Gasteiger partial charge in [-0.2, -0.15) is 0 Å². The van der Waals surface area contributed by atoms with Crippen molar-refractivity contribution in [1.82, 2.24) is 19.9 Å². The smallest absolute Gasteiger partial charge is 0.251 e. The van der Waals surface area contributed by atoms with Gasteiger partial charge in [-0.3, -0.25) is 9.36 Å². The maximum Gasteiger partial charge on any atom is 0.251 e. The number of carbonyl (C=O) groups excluding carboxylic acids is 1. The Kier molecular flexibility index (Phi) is 5.05. The number of ether oxygens (including phenoxy) is 2. The number of carbonyl (C=O) groups is 1. The van der Waals surface area contributed by atoms with E-state index in [1.54, 1.807) is 30.3 Å². The Morgan fingerprint density at radius 2 is 2.21 bits per heavy atom. The molecule has 1 unspecified atom stereocenters. The summed E-state index contributed by atoms with van der Waals surface area (Å²) in [5, 5.41) is 23.3. The number of benzene rings is 1. The maximum absolute atomic E-state index is 12.7. The quantitative estimate of drug-likeness (QED) is 0.472. The van der Waals surface area contributed by atoms with Crippen molar-refractivity contribution in [3.63, 3.8) is 0 Å². The number of aromatic nitrogens is 3. The van der Waals surface area contributed by atoms with Gasteiger partial charge in [-0.25, -0.2) is 9.97 Å². The van der Waals surface area contributed by atoms with Crippen LogP contribution in [0.4, 0.5) is 5.69 Å². The molecule has 0 radical (unpaired) electrons. The lowest BCUT2D eigenvalue weighted by Crippen LogP contribution is -2.48. The monoisotopic (exact) mass is 399 g/mol. The standard InChI is InChI=1S/C19H21N5O5/c1-28-11-4-2-3-10(7-11)18(27)23-15-13(8-25)29-19(16(15)26)24-9-22-14-12(20)5-6-21-17(14)24/h2-7,9,13,15-16,19,25-26H,8H2,1H3,(H2,20,21)(H,23,27)/t13-,15+,16?,19-/m1/s1. The lowest BCUT2D eigenvalue weighted by Gasteiger charge is -2.21. The molecule has 1 aliphatic heterocycles. The Morgan fingerprint density at radius 3 is 2.97 bits per heavy atom. The van der Waals surface area contributed by atoms with Gasteiger partial charge in [-0.1, -0.05) is 6.07 Å². The number of hydrogen-bond acceptors (Lipinski definition) is 8. The van der Waals surface area contributed by atoms with E-state index < -0.39 is 37.0 Å². The molecule has 3 heterocycles. The van der Waals surface area contributed by atoms with Crippen LogP contribution in [0.25, 0.3) is 11.2 Å². The number of amides is 1. The average Bonchev–Trinajstić information content (AvgIpc) is 3.30. The van der Waals surface area contributed by atoms with E-state index in [-0.39, 0.29) is 0 Å². The summed E-state index contributed by atoms with van der Waals surface area (Å²) in [7, 11) is 1.51. The summed E-state index contributed by atoms with van der Waals surface area (Å²) in [6, 6.07) is 7.40. The molecular weight excluding hydrogens is 378 g/mol. The molecule has 4 atom stereocenters. The second kappa shape index (κ2) is 7.66. The van der Waals surface area contributed by atoms with Gasteiger partial charge in [0.25, 0.3) is 5.91 Å². The summed E-state index contributed by atoms with van der Waals surface area (Å²) in [6.07, 6.45) is 0.123. The summed E-state index contributed by atoms with van der Waals surface area (Å²) < 4.78 is 12.5. The lowest BCUT2D eigenvalue weighted by molar-refractivity contribution is -0.0489. The molecule has 1 aliphatic rings. The number of nitrogens with one attached hydrogen (secondary N) is 1. The summed E-state index contributed by atoms with van der Waals surface area (Å²) in [5.74, 6) is 0.111. The highest BCUT2D eigenvalue weighted by Gasteiger charge is 2.45. The summed E-state index contributed by atoms with van der Waals surface area (Å²) in [5.41, 5.74) is 7.63. The number of methoxy groups -OCH3 is 1. The van der Waals surface area contributed by atoms with Crippen molar-refractivity contribution < 1.29 is 24.5 Å². The Morgan fingerprint density at radius 1 is 1.38 bits per heavy atom. The van der Waals surface area contributed by atoms with E-state index in [0.29, 0.717) is 28.2 Å². The Hall–Kier alpha value is -3.21.